The average Bonchev–Trinajstić information content (AvgIpc) is 3.13. The number of benzene rings is 2. The largest absolute Gasteiger partial charge is 0.504 e. The molecule has 0 aliphatic heterocycles. The maximum atomic E-state index is 9.65. The number of hydrogen-bond acceptors (Lipinski definition) is 5. The van der Waals surface area contributed by atoms with E-state index < -0.39 is 0 Å². The van der Waals surface area contributed by atoms with Gasteiger partial charge in [0.05, 0.1) is 7.11 Å². The molecule has 3 rings (SSSR count). The molecule has 1 aromatic heterocycles. The van der Waals surface area contributed by atoms with Crippen LogP contribution in [0.5, 0.6) is 11.5 Å². The first-order valence-corrected chi connectivity index (χ1v) is 8.54. The molecule has 0 unspecified atom stereocenters. The molecule has 6 heteroatoms. The van der Waals surface area contributed by atoms with Crippen LogP contribution in [-0.4, -0.2) is 22.4 Å². The van der Waals surface area contributed by atoms with Crippen LogP contribution in [0.1, 0.15) is 36.8 Å². The molecule has 0 spiro atoms. The molecule has 0 bridgehead atoms. The van der Waals surface area contributed by atoms with Crippen molar-refractivity contribution in [2.45, 2.75) is 19.8 Å². The third-order valence-electron chi connectivity index (χ3n) is 3.96. The molecule has 0 aliphatic rings. The number of rotatable bonds is 5. The Morgan fingerprint density at radius 1 is 1.19 bits per heavy atom. The Balaban J connectivity index is 1.84. The Bertz CT molecular complexity index is 930. The fourth-order valence-electron chi connectivity index (χ4n) is 2.45. The molecule has 0 amide bonds. The van der Waals surface area contributed by atoms with Crippen LogP contribution in [0.3, 0.4) is 0 Å². The third kappa shape index (κ3) is 3.89. The average molecular weight is 371 g/mol. The lowest BCUT2D eigenvalue weighted by atomic mass is 10.0. The van der Waals surface area contributed by atoms with Gasteiger partial charge in [0.15, 0.2) is 11.5 Å². The highest BCUT2D eigenvalue weighted by molar-refractivity contribution is 6.50. The molecule has 0 fully saturated rings. The minimum absolute atomic E-state index is 0.0608. The Morgan fingerprint density at radius 2 is 1.92 bits per heavy atom. The number of halogens is 1. The summed E-state index contributed by atoms with van der Waals surface area (Å²) in [5.41, 5.74) is 2.85. The molecule has 0 saturated heterocycles. The van der Waals surface area contributed by atoms with Gasteiger partial charge in [-0.25, -0.2) is 0 Å². The quantitative estimate of drug-likeness (QED) is 0.659. The maximum Gasteiger partial charge on any atom is 0.269 e. The number of nitrogens with zero attached hydrogens (tertiary/aromatic N) is 2. The van der Waals surface area contributed by atoms with Crippen molar-refractivity contribution in [3.05, 3.63) is 59.5 Å². The van der Waals surface area contributed by atoms with E-state index >= 15 is 0 Å². The molecule has 26 heavy (non-hydrogen) atoms. The number of methoxy groups -OCH3 is 1. The SMILES string of the molecule is COc1cc(/C=C(\Cl)c2nc(-c3ccc(C(C)C)cc3)no2)ccc1O. The highest BCUT2D eigenvalue weighted by Gasteiger charge is 2.12. The van der Waals surface area contributed by atoms with Crippen LogP contribution in [0.4, 0.5) is 0 Å². The summed E-state index contributed by atoms with van der Waals surface area (Å²) >= 11 is 6.31. The number of aromatic hydroxyl groups is 1. The van der Waals surface area contributed by atoms with Gasteiger partial charge in [0, 0.05) is 5.56 Å². The Morgan fingerprint density at radius 3 is 2.58 bits per heavy atom. The van der Waals surface area contributed by atoms with Crippen molar-refractivity contribution in [2.24, 2.45) is 0 Å². The fraction of sp³-hybridized carbons (Fsp3) is 0.200. The lowest BCUT2D eigenvalue weighted by Crippen LogP contribution is -1.87. The van der Waals surface area contributed by atoms with Gasteiger partial charge >= 0.3 is 0 Å². The summed E-state index contributed by atoms with van der Waals surface area (Å²) in [6.07, 6.45) is 1.67. The lowest BCUT2D eigenvalue weighted by Gasteiger charge is -2.04. The second-order valence-electron chi connectivity index (χ2n) is 6.12. The van der Waals surface area contributed by atoms with E-state index in [1.54, 1.807) is 18.2 Å². The van der Waals surface area contributed by atoms with Crippen LogP contribution in [0.2, 0.25) is 0 Å². The first kappa shape index (κ1) is 18.0. The van der Waals surface area contributed by atoms with Gasteiger partial charge in [0.1, 0.15) is 5.03 Å². The first-order valence-electron chi connectivity index (χ1n) is 8.16. The van der Waals surface area contributed by atoms with Crippen LogP contribution in [0, 0.1) is 0 Å². The van der Waals surface area contributed by atoms with Crippen molar-refractivity contribution in [2.75, 3.05) is 7.11 Å². The van der Waals surface area contributed by atoms with Crippen molar-refractivity contribution in [1.29, 1.82) is 0 Å². The lowest BCUT2D eigenvalue weighted by molar-refractivity contribution is 0.373. The van der Waals surface area contributed by atoms with E-state index in [0.29, 0.717) is 22.5 Å². The second kappa shape index (κ2) is 7.62. The van der Waals surface area contributed by atoms with Gasteiger partial charge in [-0.3, -0.25) is 0 Å². The van der Waals surface area contributed by atoms with Crippen LogP contribution >= 0.6 is 11.6 Å². The molecular formula is C20H19ClN2O3. The van der Waals surface area contributed by atoms with Crippen LogP contribution in [0.25, 0.3) is 22.5 Å². The zero-order chi connectivity index (χ0) is 18.7. The van der Waals surface area contributed by atoms with Gasteiger partial charge < -0.3 is 14.4 Å². The summed E-state index contributed by atoms with van der Waals surface area (Å²) < 4.78 is 10.4. The molecule has 2 aromatic carbocycles. The smallest absolute Gasteiger partial charge is 0.269 e. The second-order valence-corrected chi connectivity index (χ2v) is 6.53. The zero-order valence-electron chi connectivity index (χ0n) is 14.7. The van der Waals surface area contributed by atoms with E-state index in [2.05, 4.69) is 36.1 Å². The van der Waals surface area contributed by atoms with Gasteiger partial charge in [0.2, 0.25) is 5.82 Å². The van der Waals surface area contributed by atoms with Crippen molar-refractivity contribution in [1.82, 2.24) is 10.1 Å². The molecule has 1 N–H and O–H groups in total. The van der Waals surface area contributed by atoms with Gasteiger partial charge in [-0.2, -0.15) is 4.98 Å². The molecule has 0 radical (unpaired) electrons. The fourth-order valence-corrected chi connectivity index (χ4v) is 2.65. The third-order valence-corrected chi connectivity index (χ3v) is 4.23. The highest BCUT2D eigenvalue weighted by atomic mass is 35.5. The number of ether oxygens (including phenoxy) is 1. The van der Waals surface area contributed by atoms with E-state index in [1.807, 2.05) is 12.1 Å². The Hall–Kier alpha value is -2.79. The van der Waals surface area contributed by atoms with Crippen molar-refractivity contribution in [3.8, 4) is 22.9 Å². The molecule has 0 aliphatic carbocycles. The van der Waals surface area contributed by atoms with E-state index in [4.69, 9.17) is 20.9 Å². The maximum absolute atomic E-state index is 9.65. The summed E-state index contributed by atoms with van der Waals surface area (Å²) in [7, 11) is 1.49. The van der Waals surface area contributed by atoms with E-state index in [1.165, 1.54) is 18.7 Å². The number of phenolic OH excluding ortho intramolecular Hbond substituents is 1. The summed E-state index contributed by atoms with van der Waals surface area (Å²) in [5, 5.41) is 13.9. The molecule has 1 heterocycles. The molecule has 0 saturated carbocycles. The normalized spacial score (nSPS) is 11.8. The van der Waals surface area contributed by atoms with E-state index in [0.717, 1.165) is 11.1 Å². The highest BCUT2D eigenvalue weighted by Crippen LogP contribution is 2.30. The standard InChI is InChI=1S/C20H19ClN2O3/c1-12(2)14-5-7-15(8-6-14)19-22-20(26-23-19)16(21)10-13-4-9-17(24)18(11-13)25-3/h4-12,24H,1-3H3/b16-10-. The summed E-state index contributed by atoms with van der Waals surface area (Å²) in [6, 6.07) is 12.9. The Kier molecular flexibility index (Phi) is 5.28. The van der Waals surface area contributed by atoms with Gasteiger partial charge in [-0.1, -0.05) is 60.9 Å². The first-order chi connectivity index (χ1) is 12.5. The predicted octanol–water partition coefficient (Wildman–Crippen LogP) is 5.31. The number of hydrogen-bond donors (Lipinski definition) is 1. The van der Waals surface area contributed by atoms with Crippen molar-refractivity contribution in [3.63, 3.8) is 0 Å². The number of aromatic nitrogens is 2. The topological polar surface area (TPSA) is 68.4 Å². The number of phenols is 1. The van der Waals surface area contributed by atoms with Crippen LogP contribution in [0.15, 0.2) is 47.0 Å². The predicted molar refractivity (Wildman–Crippen MR) is 102 cm³/mol. The summed E-state index contributed by atoms with van der Waals surface area (Å²) in [5.74, 6) is 1.58. The molecule has 3 aromatic rings. The van der Waals surface area contributed by atoms with E-state index in [9.17, 15) is 5.11 Å². The summed E-state index contributed by atoms with van der Waals surface area (Å²) in [4.78, 5) is 4.35. The van der Waals surface area contributed by atoms with Crippen LogP contribution in [-0.2, 0) is 0 Å². The van der Waals surface area contributed by atoms with Gasteiger partial charge in [-0.05, 0) is 35.3 Å². The monoisotopic (exact) mass is 370 g/mol. The summed E-state index contributed by atoms with van der Waals surface area (Å²) in [6.45, 7) is 4.29. The van der Waals surface area contributed by atoms with Crippen molar-refractivity contribution < 1.29 is 14.4 Å². The van der Waals surface area contributed by atoms with Gasteiger partial charge in [0.25, 0.3) is 5.89 Å². The van der Waals surface area contributed by atoms with Crippen molar-refractivity contribution >= 4 is 22.7 Å². The minimum atomic E-state index is 0.0608. The molecular weight excluding hydrogens is 352 g/mol. The zero-order valence-corrected chi connectivity index (χ0v) is 15.5. The minimum Gasteiger partial charge on any atom is -0.504 e. The van der Waals surface area contributed by atoms with E-state index in [-0.39, 0.29) is 11.6 Å². The molecule has 5 nitrogen and oxygen atoms in total. The molecule has 134 valence electrons. The Labute approximate surface area is 156 Å². The molecule has 0 atom stereocenters. The van der Waals surface area contributed by atoms with Gasteiger partial charge in [-0.15, -0.1) is 0 Å². The van der Waals surface area contributed by atoms with Crippen LogP contribution < -0.4 is 4.74 Å².